The Morgan fingerprint density at radius 2 is 2.04 bits per heavy atom. The molecule has 0 aliphatic rings. The third-order valence-corrected chi connectivity index (χ3v) is 5.23. The number of aliphatic hydroxyl groups excluding tert-OH is 1. The number of phenolic OH excluding ortho intramolecular Hbond substituents is 1. The lowest BCUT2D eigenvalue weighted by Crippen LogP contribution is -2.27. The second-order valence-corrected chi connectivity index (χ2v) is 9.06. The van der Waals surface area contributed by atoms with Crippen LogP contribution in [0.25, 0.3) is 0 Å². The average Bonchev–Trinajstić information content (AvgIpc) is 2.60. The topological polar surface area (TPSA) is 111 Å². The third-order valence-electron chi connectivity index (χ3n) is 3.60. The molecular weight excluding hydrogens is 390 g/mol. The van der Waals surface area contributed by atoms with Crippen molar-refractivity contribution in [2.24, 2.45) is 4.40 Å². The molecule has 0 radical (unpaired) electrons. The molecule has 9 heteroatoms. The van der Waals surface area contributed by atoms with Crippen LogP contribution < -0.4 is 4.74 Å². The number of nitrogens with zero attached hydrogens (tertiary/aromatic N) is 3. The monoisotopic (exact) mass is 411 g/mol. The summed E-state index contributed by atoms with van der Waals surface area (Å²) in [5.41, 5.74) is 0.934. The molecule has 2 aromatic rings. The van der Waals surface area contributed by atoms with Crippen LogP contribution >= 0.6 is 11.6 Å². The van der Waals surface area contributed by atoms with Gasteiger partial charge in [0.1, 0.15) is 44.6 Å². The molecule has 0 saturated carbocycles. The number of benzene rings is 1. The Labute approximate surface area is 166 Å². The van der Waals surface area contributed by atoms with Crippen molar-refractivity contribution in [1.82, 2.24) is 9.97 Å². The fraction of sp³-hybridized carbons (Fsp3) is 0.389. The summed E-state index contributed by atoms with van der Waals surface area (Å²) in [4.78, 5) is 7.94. The Bertz CT molecular complexity index is 809. The summed E-state index contributed by atoms with van der Waals surface area (Å²) in [6.45, 7) is 5.37. The van der Waals surface area contributed by atoms with Crippen LogP contribution in [0.5, 0.6) is 11.5 Å². The fourth-order valence-electron chi connectivity index (χ4n) is 2.10. The molecule has 0 amide bonds. The number of hydrogen-bond acceptors (Lipinski definition) is 7. The molecule has 0 fully saturated rings. The quantitative estimate of drug-likeness (QED) is 0.557. The van der Waals surface area contributed by atoms with Gasteiger partial charge < -0.3 is 19.5 Å². The molecule has 2 rings (SSSR count). The number of hydrogen-bond donors (Lipinski definition) is 2. The highest BCUT2D eigenvalue weighted by Crippen LogP contribution is 2.29. The number of phenols is 1. The Balaban J connectivity index is 2.41. The molecule has 0 spiro atoms. The maximum absolute atomic E-state index is 12.5. The van der Waals surface area contributed by atoms with Crippen molar-refractivity contribution in [3.8, 4) is 11.5 Å². The van der Waals surface area contributed by atoms with Crippen LogP contribution in [0.4, 0.5) is 0 Å². The summed E-state index contributed by atoms with van der Waals surface area (Å²) in [6, 6.07) is 4.69. The number of ether oxygens (including phenoxy) is 1. The normalized spacial score (nSPS) is 14.7. The first-order valence-corrected chi connectivity index (χ1v) is 9.62. The van der Waals surface area contributed by atoms with Crippen molar-refractivity contribution in [1.29, 1.82) is 0 Å². The van der Waals surface area contributed by atoms with Gasteiger partial charge in [0.25, 0.3) is 0 Å². The van der Waals surface area contributed by atoms with Crippen molar-refractivity contribution in [2.75, 3.05) is 7.11 Å². The molecule has 0 aliphatic heterocycles. The number of aromatic nitrogens is 2. The summed E-state index contributed by atoms with van der Waals surface area (Å²) in [6.07, 6.45) is 1.61. The minimum atomic E-state index is -1.58. The molecule has 0 aliphatic carbocycles. The first-order valence-electron chi connectivity index (χ1n) is 8.14. The summed E-state index contributed by atoms with van der Waals surface area (Å²) in [5.74, 6) is 0.380. The van der Waals surface area contributed by atoms with Gasteiger partial charge in [-0.3, -0.25) is 4.98 Å². The molecule has 0 unspecified atom stereocenters. The summed E-state index contributed by atoms with van der Waals surface area (Å²) in [7, 11) is 1.49. The Hall–Kier alpha value is -1.87. The summed E-state index contributed by atoms with van der Waals surface area (Å²) >= 11 is 4.14. The predicted octanol–water partition coefficient (Wildman–Crippen LogP) is 3.22. The van der Waals surface area contributed by atoms with Gasteiger partial charge in [0.05, 0.1) is 25.2 Å². The average molecular weight is 412 g/mol. The number of rotatable bonds is 6. The van der Waals surface area contributed by atoms with E-state index in [2.05, 4.69) is 14.4 Å². The van der Waals surface area contributed by atoms with Crippen LogP contribution in [0.3, 0.4) is 0 Å². The second kappa shape index (κ2) is 8.88. The van der Waals surface area contributed by atoms with E-state index >= 15 is 0 Å². The van der Waals surface area contributed by atoms with E-state index in [1.54, 1.807) is 32.9 Å². The third kappa shape index (κ3) is 5.80. The maximum Gasteiger partial charge on any atom is 0.147 e. The van der Waals surface area contributed by atoms with Crippen LogP contribution in [0.2, 0.25) is 5.15 Å². The first kappa shape index (κ1) is 21.4. The zero-order valence-corrected chi connectivity index (χ0v) is 17.1. The van der Waals surface area contributed by atoms with Crippen LogP contribution in [0, 0.1) is 0 Å². The van der Waals surface area contributed by atoms with E-state index in [0.29, 0.717) is 17.0 Å². The molecular formula is C18H22ClN3O4S. The molecule has 1 aromatic carbocycles. The zero-order chi connectivity index (χ0) is 20.2. The highest BCUT2D eigenvalue weighted by atomic mass is 35.5. The van der Waals surface area contributed by atoms with Crippen molar-refractivity contribution < 1.29 is 19.5 Å². The Kier molecular flexibility index (Phi) is 7.05. The lowest BCUT2D eigenvalue weighted by atomic mass is 10.0. The molecule has 27 heavy (non-hydrogen) atoms. The first-order chi connectivity index (χ1) is 12.6. The van der Waals surface area contributed by atoms with Gasteiger partial charge in [0.15, 0.2) is 0 Å². The van der Waals surface area contributed by atoms with Crippen LogP contribution in [-0.2, 0) is 11.4 Å². The van der Waals surface area contributed by atoms with Gasteiger partial charge in [0.2, 0.25) is 0 Å². The number of aliphatic hydroxyl groups is 1. The van der Waals surface area contributed by atoms with E-state index in [1.807, 2.05) is 0 Å². The number of aromatic hydroxyl groups is 1. The molecule has 146 valence electrons. The van der Waals surface area contributed by atoms with Gasteiger partial charge in [-0.15, -0.1) is 0 Å². The van der Waals surface area contributed by atoms with Crippen LogP contribution in [-0.4, -0.2) is 42.3 Å². The predicted molar refractivity (Wildman–Crippen MR) is 106 cm³/mol. The van der Waals surface area contributed by atoms with Crippen molar-refractivity contribution >= 4 is 28.7 Å². The molecule has 2 N–H and O–H groups in total. The molecule has 7 nitrogen and oxygen atoms in total. The highest BCUT2D eigenvalue weighted by Gasteiger charge is 2.29. The largest absolute Gasteiger partial charge is 0.591 e. The van der Waals surface area contributed by atoms with Gasteiger partial charge in [-0.1, -0.05) is 16.0 Å². The SMILES string of the molecule is COc1ccc(/C(C[C@H](O)c2cnc(Cl)cn2)=N/[S@@+]([O-])C(C)(C)C)c(O)c1. The standard InChI is InChI=1S/C18H22ClN3O4S/c1-18(2,3)27(25)22-13(12-6-5-11(26-4)7-15(12)23)8-16(24)14-9-21-17(19)10-20-14/h5-7,9-10,16,23-24H,8H2,1-4H3/b22-13+/t16-,27-/m0/s1. The van der Waals surface area contributed by atoms with E-state index in [4.69, 9.17) is 16.3 Å². The summed E-state index contributed by atoms with van der Waals surface area (Å²) < 4.78 is 21.3. The highest BCUT2D eigenvalue weighted by molar-refractivity contribution is 7.91. The molecule has 0 bridgehead atoms. The maximum atomic E-state index is 12.5. The van der Waals surface area contributed by atoms with E-state index in [9.17, 15) is 14.8 Å². The zero-order valence-electron chi connectivity index (χ0n) is 15.5. The fourth-order valence-corrected chi connectivity index (χ4v) is 2.84. The van der Waals surface area contributed by atoms with Crippen molar-refractivity contribution in [3.63, 3.8) is 0 Å². The van der Waals surface area contributed by atoms with Gasteiger partial charge in [-0.05, 0) is 32.9 Å². The minimum absolute atomic E-state index is 0.0159. The number of methoxy groups -OCH3 is 1. The smallest absolute Gasteiger partial charge is 0.147 e. The van der Waals surface area contributed by atoms with Crippen LogP contribution in [0.1, 0.15) is 44.6 Å². The minimum Gasteiger partial charge on any atom is -0.591 e. The second-order valence-electron chi connectivity index (χ2n) is 6.77. The van der Waals surface area contributed by atoms with Gasteiger partial charge >= 0.3 is 0 Å². The van der Waals surface area contributed by atoms with Crippen molar-refractivity contribution in [2.45, 2.75) is 38.0 Å². The van der Waals surface area contributed by atoms with E-state index in [-0.39, 0.29) is 23.0 Å². The van der Waals surface area contributed by atoms with E-state index in [0.717, 1.165) is 0 Å². The van der Waals surface area contributed by atoms with E-state index in [1.165, 1.54) is 25.6 Å². The summed E-state index contributed by atoms with van der Waals surface area (Å²) in [5, 5.41) is 21.1. The molecule has 2 atom stereocenters. The molecule has 0 saturated heterocycles. The van der Waals surface area contributed by atoms with Gasteiger partial charge in [-0.2, -0.15) is 0 Å². The molecule has 1 heterocycles. The van der Waals surface area contributed by atoms with Gasteiger partial charge in [0, 0.05) is 18.1 Å². The number of halogens is 1. The van der Waals surface area contributed by atoms with Crippen molar-refractivity contribution in [3.05, 3.63) is 47.0 Å². The van der Waals surface area contributed by atoms with Crippen LogP contribution in [0.15, 0.2) is 35.0 Å². The Morgan fingerprint density at radius 3 is 2.56 bits per heavy atom. The lowest BCUT2D eigenvalue weighted by molar-refractivity contribution is 0.181. The molecule has 1 aromatic heterocycles. The lowest BCUT2D eigenvalue weighted by Gasteiger charge is -2.20. The van der Waals surface area contributed by atoms with E-state index < -0.39 is 22.2 Å². The van der Waals surface area contributed by atoms with Gasteiger partial charge in [-0.25, -0.2) is 4.98 Å². The Morgan fingerprint density at radius 1 is 1.33 bits per heavy atom.